The number of fused-ring (bicyclic) bond motifs is 1. The standard InChI is InChI=1S/C18H17ClN2O2/c1-11-14(19)6-5-13-15(8-9-20-18(11)13)21-12-4-7-16(22-2)17(10-12)23-3/h4-10H,1-3H3,(H,20,21). The highest BCUT2D eigenvalue weighted by atomic mass is 35.5. The largest absolute Gasteiger partial charge is 0.493 e. The van der Waals surface area contributed by atoms with Gasteiger partial charge in [-0.1, -0.05) is 11.6 Å². The number of aromatic nitrogens is 1. The van der Waals surface area contributed by atoms with E-state index in [0.29, 0.717) is 16.5 Å². The van der Waals surface area contributed by atoms with E-state index in [-0.39, 0.29) is 0 Å². The second-order valence-electron chi connectivity index (χ2n) is 5.12. The van der Waals surface area contributed by atoms with Gasteiger partial charge in [0, 0.05) is 34.0 Å². The van der Waals surface area contributed by atoms with Gasteiger partial charge in [-0.25, -0.2) is 0 Å². The third-order valence-corrected chi connectivity index (χ3v) is 4.17. The van der Waals surface area contributed by atoms with Crippen LogP contribution >= 0.6 is 11.6 Å². The predicted octanol–water partition coefficient (Wildman–Crippen LogP) is 4.96. The van der Waals surface area contributed by atoms with Gasteiger partial charge in [0.15, 0.2) is 11.5 Å². The topological polar surface area (TPSA) is 43.4 Å². The molecule has 118 valence electrons. The first-order valence-corrected chi connectivity index (χ1v) is 7.54. The maximum absolute atomic E-state index is 6.18. The Balaban J connectivity index is 2.04. The van der Waals surface area contributed by atoms with E-state index in [1.54, 1.807) is 20.4 Å². The number of aryl methyl sites for hydroxylation is 1. The summed E-state index contributed by atoms with van der Waals surface area (Å²) >= 11 is 6.18. The Morgan fingerprint density at radius 3 is 2.52 bits per heavy atom. The Bertz CT molecular complexity index is 865. The maximum atomic E-state index is 6.18. The number of ether oxygens (including phenoxy) is 2. The molecule has 0 aliphatic heterocycles. The van der Waals surface area contributed by atoms with Crippen molar-refractivity contribution < 1.29 is 9.47 Å². The first-order chi connectivity index (χ1) is 11.1. The van der Waals surface area contributed by atoms with Gasteiger partial charge in [0.2, 0.25) is 0 Å². The minimum absolute atomic E-state index is 0.676. The van der Waals surface area contributed by atoms with Crippen molar-refractivity contribution in [3.8, 4) is 11.5 Å². The van der Waals surface area contributed by atoms with Gasteiger partial charge in [0.25, 0.3) is 0 Å². The van der Waals surface area contributed by atoms with Crippen LogP contribution in [0.4, 0.5) is 11.4 Å². The molecule has 4 nitrogen and oxygen atoms in total. The molecule has 0 spiro atoms. The van der Waals surface area contributed by atoms with E-state index in [4.69, 9.17) is 21.1 Å². The fourth-order valence-corrected chi connectivity index (χ4v) is 2.67. The van der Waals surface area contributed by atoms with Crippen molar-refractivity contribution in [2.24, 2.45) is 0 Å². The van der Waals surface area contributed by atoms with Crippen LogP contribution in [-0.4, -0.2) is 19.2 Å². The van der Waals surface area contributed by atoms with E-state index in [1.165, 1.54) is 0 Å². The van der Waals surface area contributed by atoms with Crippen LogP contribution in [0.3, 0.4) is 0 Å². The molecular weight excluding hydrogens is 312 g/mol. The fraction of sp³-hybridized carbons (Fsp3) is 0.167. The minimum Gasteiger partial charge on any atom is -0.493 e. The van der Waals surface area contributed by atoms with Gasteiger partial charge in [-0.15, -0.1) is 0 Å². The molecule has 1 N–H and O–H groups in total. The summed E-state index contributed by atoms with van der Waals surface area (Å²) in [6.45, 7) is 1.97. The van der Waals surface area contributed by atoms with Crippen LogP contribution in [0.5, 0.6) is 11.5 Å². The van der Waals surface area contributed by atoms with E-state index in [1.807, 2.05) is 43.3 Å². The number of methoxy groups -OCH3 is 2. The van der Waals surface area contributed by atoms with Crippen molar-refractivity contribution in [2.45, 2.75) is 6.92 Å². The van der Waals surface area contributed by atoms with Crippen LogP contribution in [0.15, 0.2) is 42.6 Å². The molecule has 0 saturated heterocycles. The number of rotatable bonds is 4. The highest BCUT2D eigenvalue weighted by Gasteiger charge is 2.09. The lowest BCUT2D eigenvalue weighted by Gasteiger charge is -2.13. The molecule has 1 heterocycles. The fourth-order valence-electron chi connectivity index (χ4n) is 2.51. The van der Waals surface area contributed by atoms with E-state index in [2.05, 4.69) is 10.3 Å². The molecule has 0 amide bonds. The van der Waals surface area contributed by atoms with Crippen molar-refractivity contribution >= 4 is 33.9 Å². The summed E-state index contributed by atoms with van der Waals surface area (Å²) in [4.78, 5) is 4.44. The molecule has 0 aliphatic carbocycles. The van der Waals surface area contributed by atoms with Crippen LogP contribution in [0.25, 0.3) is 10.9 Å². The van der Waals surface area contributed by atoms with Gasteiger partial charge in [0.1, 0.15) is 0 Å². The third kappa shape index (κ3) is 2.90. The van der Waals surface area contributed by atoms with Crippen LogP contribution < -0.4 is 14.8 Å². The number of nitrogens with one attached hydrogen (secondary N) is 1. The van der Waals surface area contributed by atoms with Gasteiger partial charge in [-0.05, 0) is 42.8 Å². The molecule has 0 aliphatic rings. The van der Waals surface area contributed by atoms with Crippen molar-refractivity contribution in [3.63, 3.8) is 0 Å². The SMILES string of the molecule is COc1ccc(Nc2ccnc3c(C)c(Cl)ccc23)cc1OC. The Morgan fingerprint density at radius 1 is 1.00 bits per heavy atom. The second-order valence-corrected chi connectivity index (χ2v) is 5.53. The molecule has 0 saturated carbocycles. The van der Waals surface area contributed by atoms with Crippen LogP contribution in [0, 0.1) is 6.92 Å². The average molecular weight is 329 g/mol. The Hall–Kier alpha value is -2.46. The first-order valence-electron chi connectivity index (χ1n) is 7.17. The lowest BCUT2D eigenvalue weighted by atomic mass is 10.1. The number of pyridine rings is 1. The zero-order valence-corrected chi connectivity index (χ0v) is 13.9. The molecule has 0 radical (unpaired) electrons. The average Bonchev–Trinajstić information content (AvgIpc) is 2.58. The summed E-state index contributed by atoms with van der Waals surface area (Å²) in [6.07, 6.45) is 1.77. The molecule has 3 aromatic rings. The van der Waals surface area contributed by atoms with Crippen molar-refractivity contribution in [3.05, 3.63) is 53.2 Å². The van der Waals surface area contributed by atoms with Gasteiger partial charge >= 0.3 is 0 Å². The number of benzene rings is 2. The molecule has 3 rings (SSSR count). The van der Waals surface area contributed by atoms with Gasteiger partial charge < -0.3 is 14.8 Å². The molecule has 0 fully saturated rings. The molecule has 1 aromatic heterocycles. The van der Waals surface area contributed by atoms with E-state index in [9.17, 15) is 0 Å². The summed E-state index contributed by atoms with van der Waals surface area (Å²) in [5.41, 5.74) is 3.73. The normalized spacial score (nSPS) is 10.6. The summed E-state index contributed by atoms with van der Waals surface area (Å²) in [6, 6.07) is 11.5. The Morgan fingerprint density at radius 2 is 1.78 bits per heavy atom. The van der Waals surface area contributed by atoms with E-state index < -0.39 is 0 Å². The molecule has 0 atom stereocenters. The van der Waals surface area contributed by atoms with E-state index >= 15 is 0 Å². The molecule has 23 heavy (non-hydrogen) atoms. The second kappa shape index (κ2) is 6.34. The summed E-state index contributed by atoms with van der Waals surface area (Å²) in [5.74, 6) is 1.37. The quantitative estimate of drug-likeness (QED) is 0.735. The highest BCUT2D eigenvalue weighted by Crippen LogP contribution is 2.34. The predicted molar refractivity (Wildman–Crippen MR) is 94.3 cm³/mol. The maximum Gasteiger partial charge on any atom is 0.162 e. The van der Waals surface area contributed by atoms with E-state index in [0.717, 1.165) is 27.8 Å². The third-order valence-electron chi connectivity index (χ3n) is 3.76. The van der Waals surface area contributed by atoms with Gasteiger partial charge in [0.05, 0.1) is 19.7 Å². The first kappa shape index (κ1) is 15.4. The van der Waals surface area contributed by atoms with Crippen molar-refractivity contribution in [1.29, 1.82) is 0 Å². The minimum atomic E-state index is 0.676. The number of nitrogens with zero attached hydrogens (tertiary/aromatic N) is 1. The number of hydrogen-bond acceptors (Lipinski definition) is 4. The van der Waals surface area contributed by atoms with Crippen LogP contribution in [0.2, 0.25) is 5.02 Å². The van der Waals surface area contributed by atoms with Gasteiger partial charge in [-0.3, -0.25) is 4.98 Å². The lowest BCUT2D eigenvalue weighted by molar-refractivity contribution is 0.355. The lowest BCUT2D eigenvalue weighted by Crippen LogP contribution is -1.96. The van der Waals surface area contributed by atoms with Crippen molar-refractivity contribution in [2.75, 3.05) is 19.5 Å². The number of hydrogen-bond donors (Lipinski definition) is 1. The molecule has 5 heteroatoms. The monoisotopic (exact) mass is 328 g/mol. The number of anilines is 2. The zero-order valence-electron chi connectivity index (χ0n) is 13.2. The zero-order chi connectivity index (χ0) is 16.4. The van der Waals surface area contributed by atoms with Gasteiger partial charge in [-0.2, -0.15) is 0 Å². The number of halogens is 1. The van der Waals surface area contributed by atoms with Crippen molar-refractivity contribution in [1.82, 2.24) is 4.98 Å². The molecule has 0 unspecified atom stereocenters. The summed E-state index contributed by atoms with van der Waals surface area (Å²) < 4.78 is 10.6. The molecule has 2 aromatic carbocycles. The highest BCUT2D eigenvalue weighted by molar-refractivity contribution is 6.32. The Kier molecular flexibility index (Phi) is 4.26. The van der Waals surface area contributed by atoms with Crippen LogP contribution in [0.1, 0.15) is 5.56 Å². The van der Waals surface area contributed by atoms with Crippen LogP contribution in [-0.2, 0) is 0 Å². The Labute approximate surface area is 140 Å². The molecule has 0 bridgehead atoms. The smallest absolute Gasteiger partial charge is 0.162 e. The molecular formula is C18H17ClN2O2. The summed E-state index contributed by atoms with van der Waals surface area (Å²) in [5, 5.41) is 5.13. The summed E-state index contributed by atoms with van der Waals surface area (Å²) in [7, 11) is 3.24.